The number of carboxylic acid groups (broad SMARTS) is 1. The van der Waals surface area contributed by atoms with Crippen LogP contribution in [0.2, 0.25) is 0 Å². The molecule has 0 heterocycles. The lowest BCUT2D eigenvalue weighted by atomic mass is 10.1. The van der Waals surface area contributed by atoms with Crippen molar-refractivity contribution < 1.29 is 14.3 Å². The molecule has 0 saturated carbocycles. The van der Waals surface area contributed by atoms with E-state index in [1.807, 2.05) is 0 Å². The zero-order valence-electron chi connectivity index (χ0n) is 7.21. The van der Waals surface area contributed by atoms with Gasteiger partial charge in [-0.25, -0.2) is 4.39 Å². The molecule has 3 N–H and O–H groups in total. The molecule has 0 aliphatic heterocycles. The minimum atomic E-state index is -1.01. The average Bonchev–Trinajstić information content (AvgIpc) is 2.08. The minimum absolute atomic E-state index is 0.220. The van der Waals surface area contributed by atoms with Crippen LogP contribution in [-0.2, 0) is 4.79 Å². The second kappa shape index (κ2) is 4.52. The van der Waals surface area contributed by atoms with Crippen LogP contribution < -0.4 is 5.73 Å². The van der Waals surface area contributed by atoms with Crippen molar-refractivity contribution in [1.82, 2.24) is 0 Å². The number of carboxylic acids is 1. The van der Waals surface area contributed by atoms with Gasteiger partial charge < -0.3 is 10.8 Å². The molecule has 1 rings (SSSR count). The molecule has 1 atom stereocenters. The van der Waals surface area contributed by atoms with E-state index in [1.54, 1.807) is 6.07 Å². The van der Waals surface area contributed by atoms with Crippen molar-refractivity contribution in [3.05, 3.63) is 34.1 Å². The summed E-state index contributed by atoms with van der Waals surface area (Å²) in [6.45, 7) is 0. The Morgan fingerprint density at radius 3 is 2.86 bits per heavy atom. The number of carbonyl (C=O) groups is 1. The van der Waals surface area contributed by atoms with Gasteiger partial charge in [0.25, 0.3) is 0 Å². The first kappa shape index (κ1) is 11.1. The first-order chi connectivity index (χ1) is 6.52. The molecule has 3 nitrogen and oxygen atoms in total. The van der Waals surface area contributed by atoms with E-state index in [0.29, 0.717) is 5.56 Å². The fraction of sp³-hybridized carbons (Fsp3) is 0.222. The summed E-state index contributed by atoms with van der Waals surface area (Å²) >= 11 is 3.02. The van der Waals surface area contributed by atoms with Crippen molar-refractivity contribution in [3.8, 4) is 0 Å². The second-order valence-corrected chi connectivity index (χ2v) is 3.64. The highest BCUT2D eigenvalue weighted by Crippen LogP contribution is 2.26. The molecule has 0 bridgehead atoms. The lowest BCUT2D eigenvalue weighted by Gasteiger charge is -2.11. The smallest absolute Gasteiger partial charge is 0.305 e. The Morgan fingerprint density at radius 2 is 2.29 bits per heavy atom. The van der Waals surface area contributed by atoms with Crippen LogP contribution in [0.3, 0.4) is 0 Å². The monoisotopic (exact) mass is 261 g/mol. The van der Waals surface area contributed by atoms with Gasteiger partial charge in [-0.05, 0) is 27.6 Å². The highest BCUT2D eigenvalue weighted by atomic mass is 79.9. The molecular weight excluding hydrogens is 253 g/mol. The Hall–Kier alpha value is -0.940. The van der Waals surface area contributed by atoms with Crippen LogP contribution >= 0.6 is 15.9 Å². The lowest BCUT2D eigenvalue weighted by Crippen LogP contribution is -2.15. The fourth-order valence-corrected chi connectivity index (χ4v) is 1.66. The number of halogens is 2. The van der Waals surface area contributed by atoms with E-state index in [1.165, 1.54) is 12.1 Å². The van der Waals surface area contributed by atoms with Crippen molar-refractivity contribution in [1.29, 1.82) is 0 Å². The van der Waals surface area contributed by atoms with Gasteiger partial charge in [0.1, 0.15) is 5.82 Å². The lowest BCUT2D eigenvalue weighted by molar-refractivity contribution is -0.137. The van der Waals surface area contributed by atoms with Crippen molar-refractivity contribution >= 4 is 21.9 Å². The van der Waals surface area contributed by atoms with Gasteiger partial charge in [0.2, 0.25) is 0 Å². The summed E-state index contributed by atoms with van der Waals surface area (Å²) in [6.07, 6.45) is -0.220. The van der Waals surface area contributed by atoms with E-state index in [-0.39, 0.29) is 10.9 Å². The van der Waals surface area contributed by atoms with Gasteiger partial charge >= 0.3 is 5.97 Å². The van der Waals surface area contributed by atoms with Crippen molar-refractivity contribution in [3.63, 3.8) is 0 Å². The number of nitrogens with two attached hydrogens (primary N) is 1. The van der Waals surface area contributed by atoms with Gasteiger partial charge in [-0.3, -0.25) is 4.79 Å². The Morgan fingerprint density at radius 1 is 1.64 bits per heavy atom. The third-order valence-electron chi connectivity index (χ3n) is 1.78. The molecule has 76 valence electrons. The maximum atomic E-state index is 13.0. The average molecular weight is 262 g/mol. The van der Waals surface area contributed by atoms with Crippen LogP contribution in [0.1, 0.15) is 18.0 Å². The zero-order valence-corrected chi connectivity index (χ0v) is 8.79. The molecule has 0 amide bonds. The van der Waals surface area contributed by atoms with Crippen molar-refractivity contribution in [2.75, 3.05) is 0 Å². The summed E-state index contributed by atoms with van der Waals surface area (Å²) in [5.74, 6) is -1.45. The Balaban J connectivity index is 2.95. The van der Waals surface area contributed by atoms with E-state index in [9.17, 15) is 9.18 Å². The van der Waals surface area contributed by atoms with Crippen LogP contribution in [0.4, 0.5) is 4.39 Å². The molecule has 0 saturated heterocycles. The summed E-state index contributed by atoms with van der Waals surface area (Å²) < 4.78 is 13.3. The predicted molar refractivity (Wildman–Crippen MR) is 53.3 cm³/mol. The summed E-state index contributed by atoms with van der Waals surface area (Å²) in [7, 11) is 0. The van der Waals surface area contributed by atoms with Crippen LogP contribution in [0.5, 0.6) is 0 Å². The molecule has 0 fully saturated rings. The van der Waals surface area contributed by atoms with E-state index in [2.05, 4.69) is 15.9 Å². The Bertz CT molecular complexity index is 357. The summed E-state index contributed by atoms with van der Waals surface area (Å²) in [6, 6.07) is 3.68. The molecule has 5 heteroatoms. The van der Waals surface area contributed by atoms with Gasteiger partial charge in [-0.1, -0.05) is 12.1 Å². The quantitative estimate of drug-likeness (QED) is 0.876. The maximum Gasteiger partial charge on any atom is 0.305 e. The molecular formula is C9H9BrFNO2. The molecule has 1 aromatic rings. The Labute approximate surface area is 88.9 Å². The van der Waals surface area contributed by atoms with Crippen LogP contribution in [-0.4, -0.2) is 11.1 Å². The first-order valence-electron chi connectivity index (χ1n) is 3.93. The van der Waals surface area contributed by atoms with E-state index >= 15 is 0 Å². The fourth-order valence-electron chi connectivity index (χ4n) is 1.10. The molecule has 0 radical (unpaired) electrons. The third kappa shape index (κ3) is 2.52. The summed E-state index contributed by atoms with van der Waals surface area (Å²) in [5, 5.41) is 8.52. The van der Waals surface area contributed by atoms with Gasteiger partial charge in [0.15, 0.2) is 0 Å². The van der Waals surface area contributed by atoms with Crippen molar-refractivity contribution in [2.45, 2.75) is 12.5 Å². The minimum Gasteiger partial charge on any atom is -0.481 e. The summed E-state index contributed by atoms with van der Waals surface area (Å²) in [5.41, 5.74) is 6.05. The van der Waals surface area contributed by atoms with E-state index in [0.717, 1.165) is 0 Å². The highest BCUT2D eigenvalue weighted by molar-refractivity contribution is 9.10. The zero-order chi connectivity index (χ0) is 10.7. The van der Waals surface area contributed by atoms with Crippen LogP contribution in [0.15, 0.2) is 22.7 Å². The molecule has 0 unspecified atom stereocenters. The topological polar surface area (TPSA) is 63.3 Å². The number of rotatable bonds is 3. The van der Waals surface area contributed by atoms with Gasteiger partial charge in [0, 0.05) is 6.04 Å². The van der Waals surface area contributed by atoms with E-state index in [4.69, 9.17) is 10.8 Å². The number of benzene rings is 1. The largest absolute Gasteiger partial charge is 0.481 e. The van der Waals surface area contributed by atoms with E-state index < -0.39 is 17.8 Å². The standard InChI is InChI=1S/C9H9BrFNO2/c10-9-5(2-1-3-6(9)11)7(12)4-8(13)14/h1-3,7H,4,12H2,(H,13,14)/t7-/m0/s1. The van der Waals surface area contributed by atoms with Crippen LogP contribution in [0, 0.1) is 5.82 Å². The normalized spacial score (nSPS) is 12.5. The Kier molecular flexibility index (Phi) is 3.60. The van der Waals surface area contributed by atoms with Crippen LogP contribution in [0.25, 0.3) is 0 Å². The first-order valence-corrected chi connectivity index (χ1v) is 4.73. The number of aliphatic carboxylic acids is 1. The maximum absolute atomic E-state index is 13.0. The highest BCUT2D eigenvalue weighted by Gasteiger charge is 2.15. The van der Waals surface area contributed by atoms with Gasteiger partial charge in [-0.2, -0.15) is 0 Å². The summed E-state index contributed by atoms with van der Waals surface area (Å²) in [4.78, 5) is 10.4. The molecule has 0 aliphatic carbocycles. The third-order valence-corrected chi connectivity index (χ3v) is 2.61. The molecule has 0 spiro atoms. The molecule has 0 aliphatic rings. The second-order valence-electron chi connectivity index (χ2n) is 2.85. The molecule has 0 aromatic heterocycles. The van der Waals surface area contributed by atoms with Gasteiger partial charge in [-0.15, -0.1) is 0 Å². The number of hydrogen-bond donors (Lipinski definition) is 2. The van der Waals surface area contributed by atoms with Gasteiger partial charge in [0.05, 0.1) is 10.9 Å². The molecule has 14 heavy (non-hydrogen) atoms. The number of hydrogen-bond acceptors (Lipinski definition) is 2. The van der Waals surface area contributed by atoms with Crippen molar-refractivity contribution in [2.24, 2.45) is 5.73 Å². The SMILES string of the molecule is N[C@@H](CC(=O)O)c1cccc(F)c1Br. The predicted octanol–water partition coefficient (Wildman–Crippen LogP) is 2.06. The molecule has 1 aromatic carbocycles.